The molecule has 1 aromatic heterocycles. The molecule has 42 heavy (non-hydrogen) atoms. The zero-order valence-electron chi connectivity index (χ0n) is 29.6. The lowest BCUT2D eigenvalue weighted by molar-refractivity contribution is -0.678. The molecule has 2 heteroatoms. The molecule has 0 spiro atoms. The topological polar surface area (TPSA) is 8.81 Å². The largest absolute Gasteiger partial charge is 0.256 e. The summed E-state index contributed by atoms with van der Waals surface area (Å²) < 4.78 is 4.92. The summed E-state index contributed by atoms with van der Waals surface area (Å²) in [7, 11) is 2.24. The first-order valence-electron chi connectivity index (χ1n) is 19.8. The Labute approximate surface area is 266 Å². The average molecular weight is 588 g/mol. The van der Waals surface area contributed by atoms with E-state index in [4.69, 9.17) is 0 Å². The van der Waals surface area contributed by atoms with Crippen molar-refractivity contribution in [2.45, 2.75) is 232 Å². The van der Waals surface area contributed by atoms with E-state index in [1.807, 2.05) is 0 Å². The predicted octanol–water partition coefficient (Wildman–Crippen LogP) is 13.4. The van der Waals surface area contributed by atoms with Crippen LogP contribution in [0.3, 0.4) is 0 Å². The molecule has 0 N–H and O–H groups in total. The lowest BCUT2D eigenvalue weighted by Crippen LogP contribution is -2.32. The molecule has 2 nitrogen and oxygen atoms in total. The summed E-state index contributed by atoms with van der Waals surface area (Å²) in [6.45, 7) is 5.83. The van der Waals surface area contributed by atoms with Crippen molar-refractivity contribution in [2.24, 2.45) is 7.05 Å². The molecular weight excluding hydrogens is 508 g/mol. The van der Waals surface area contributed by atoms with Crippen LogP contribution in [0.2, 0.25) is 0 Å². The molecule has 0 fully saturated rings. The molecule has 0 amide bonds. The van der Waals surface area contributed by atoms with Gasteiger partial charge in [-0.05, 0) is 19.3 Å². The van der Waals surface area contributed by atoms with Crippen LogP contribution in [0.1, 0.15) is 225 Å². The van der Waals surface area contributed by atoms with Crippen molar-refractivity contribution in [2.75, 3.05) is 0 Å². The van der Waals surface area contributed by atoms with E-state index in [-0.39, 0.29) is 0 Å². The fourth-order valence-corrected chi connectivity index (χ4v) is 6.74. The van der Waals surface area contributed by atoms with Crippen LogP contribution < -0.4 is 4.57 Å². The van der Waals surface area contributed by atoms with Crippen LogP contribution in [-0.4, -0.2) is 4.57 Å². The first-order valence-corrected chi connectivity index (χ1v) is 19.8. The van der Waals surface area contributed by atoms with Crippen molar-refractivity contribution in [3.05, 3.63) is 18.2 Å². The van der Waals surface area contributed by atoms with E-state index < -0.39 is 0 Å². The number of hydrogen-bond acceptors (Lipinski definition) is 0. The average Bonchev–Trinajstić information content (AvgIpc) is 3.35. The van der Waals surface area contributed by atoms with Crippen LogP contribution in [0.25, 0.3) is 0 Å². The smallest absolute Gasteiger partial charge is 0.237 e. The van der Waals surface area contributed by atoms with Gasteiger partial charge in [0.05, 0.1) is 13.6 Å². The van der Waals surface area contributed by atoms with Crippen LogP contribution in [0.5, 0.6) is 0 Å². The summed E-state index contributed by atoms with van der Waals surface area (Å²) in [4.78, 5) is 0. The van der Waals surface area contributed by atoms with Crippen LogP contribution >= 0.6 is 0 Å². The molecule has 248 valence electrons. The van der Waals surface area contributed by atoms with Crippen LogP contribution in [0.15, 0.2) is 12.4 Å². The number of unbranched alkanes of at least 4 members (excludes halogenated alkanes) is 30. The summed E-state index contributed by atoms with van der Waals surface area (Å²) in [6.07, 6.45) is 52.1. The van der Waals surface area contributed by atoms with E-state index in [9.17, 15) is 0 Å². The summed E-state index contributed by atoms with van der Waals surface area (Å²) in [5.41, 5.74) is 0. The number of rotatable bonds is 34. The van der Waals surface area contributed by atoms with Crippen molar-refractivity contribution < 1.29 is 4.57 Å². The van der Waals surface area contributed by atoms with Crippen LogP contribution in [-0.2, 0) is 20.0 Å². The molecule has 1 heterocycles. The van der Waals surface area contributed by atoms with Crippen molar-refractivity contribution in [3.8, 4) is 0 Å². The molecule has 0 saturated carbocycles. The first kappa shape index (κ1) is 39.2. The van der Waals surface area contributed by atoms with Gasteiger partial charge in [0.1, 0.15) is 12.4 Å². The van der Waals surface area contributed by atoms with Gasteiger partial charge in [-0.25, -0.2) is 9.13 Å². The van der Waals surface area contributed by atoms with Crippen molar-refractivity contribution in [1.29, 1.82) is 0 Å². The zero-order chi connectivity index (χ0) is 30.2. The van der Waals surface area contributed by atoms with Gasteiger partial charge in [0.15, 0.2) is 0 Å². The summed E-state index contributed by atoms with van der Waals surface area (Å²) in [5, 5.41) is 0. The second kappa shape index (κ2) is 31.6. The van der Waals surface area contributed by atoms with Crippen LogP contribution in [0, 0.1) is 0 Å². The van der Waals surface area contributed by atoms with Gasteiger partial charge in [0.2, 0.25) is 0 Å². The zero-order valence-corrected chi connectivity index (χ0v) is 29.6. The fraction of sp³-hybridized carbons (Fsp3) is 0.925. The maximum atomic E-state index is 2.55. The number of hydrogen-bond donors (Lipinski definition) is 0. The van der Waals surface area contributed by atoms with Crippen molar-refractivity contribution in [3.63, 3.8) is 0 Å². The predicted molar refractivity (Wildman–Crippen MR) is 188 cm³/mol. The molecule has 0 aliphatic rings. The number of imidazole rings is 1. The third-order valence-electron chi connectivity index (χ3n) is 9.72. The maximum absolute atomic E-state index is 2.55. The third kappa shape index (κ3) is 24.6. The maximum Gasteiger partial charge on any atom is 0.256 e. The normalized spacial score (nSPS) is 11.6. The molecule has 0 bridgehead atoms. The molecular formula is C40H79N2+. The van der Waals surface area contributed by atoms with Gasteiger partial charge in [0, 0.05) is 6.42 Å². The number of aromatic nitrogens is 2. The lowest BCUT2D eigenvalue weighted by atomic mass is 10.0. The molecule has 0 aliphatic heterocycles. The molecule has 0 atom stereocenters. The van der Waals surface area contributed by atoms with E-state index in [0.29, 0.717) is 0 Å². The molecule has 1 rings (SSSR count). The summed E-state index contributed by atoms with van der Waals surface area (Å²) >= 11 is 0. The SMILES string of the molecule is CCCCCCCCCCCCCCCCCCc1n(CCCCCCCCCCCCCCCCCC)cc[n+]1C. The highest BCUT2D eigenvalue weighted by molar-refractivity contribution is 4.84. The third-order valence-corrected chi connectivity index (χ3v) is 9.72. The van der Waals surface area contributed by atoms with Gasteiger partial charge >= 0.3 is 0 Å². The Kier molecular flexibility index (Phi) is 29.5. The highest BCUT2D eigenvalue weighted by Crippen LogP contribution is 2.16. The minimum Gasteiger partial charge on any atom is -0.237 e. The van der Waals surface area contributed by atoms with Crippen molar-refractivity contribution in [1.82, 2.24) is 4.57 Å². The van der Waals surface area contributed by atoms with E-state index in [1.54, 1.807) is 5.82 Å². The molecule has 0 aromatic carbocycles. The highest BCUT2D eigenvalue weighted by Gasteiger charge is 2.13. The highest BCUT2D eigenvalue weighted by atomic mass is 15.1. The van der Waals surface area contributed by atoms with E-state index in [1.165, 1.54) is 218 Å². The standard InChI is InChI=1S/C40H79N2/c1-4-6-8-10-12-14-16-18-20-22-24-26-28-30-32-34-36-40-41(3)38-39-42(40)37-35-33-31-29-27-25-23-21-19-17-15-13-11-9-7-5-2/h38-39H,4-37H2,1-3H3/q+1. The van der Waals surface area contributed by atoms with Gasteiger partial charge in [-0.3, -0.25) is 0 Å². The lowest BCUT2D eigenvalue weighted by Gasteiger charge is -2.05. The van der Waals surface area contributed by atoms with E-state index >= 15 is 0 Å². The second-order valence-corrected chi connectivity index (χ2v) is 13.9. The number of nitrogens with zero attached hydrogens (tertiary/aromatic N) is 2. The van der Waals surface area contributed by atoms with Gasteiger partial charge in [-0.1, -0.05) is 200 Å². The molecule has 0 radical (unpaired) electrons. The molecule has 0 aliphatic carbocycles. The Morgan fingerprint density at radius 3 is 1.02 bits per heavy atom. The summed E-state index contributed by atoms with van der Waals surface area (Å²) in [6, 6.07) is 0. The second-order valence-electron chi connectivity index (χ2n) is 13.9. The summed E-state index contributed by atoms with van der Waals surface area (Å²) in [5.74, 6) is 1.54. The first-order chi connectivity index (χ1) is 20.8. The Hall–Kier alpha value is -0.790. The minimum absolute atomic E-state index is 1.22. The number of aryl methyl sites for hydroxylation is 2. The van der Waals surface area contributed by atoms with E-state index in [2.05, 4.69) is 42.4 Å². The Morgan fingerprint density at radius 1 is 0.405 bits per heavy atom. The van der Waals surface area contributed by atoms with E-state index in [0.717, 1.165) is 0 Å². The molecule has 0 saturated heterocycles. The van der Waals surface area contributed by atoms with Gasteiger partial charge in [0.25, 0.3) is 5.82 Å². The van der Waals surface area contributed by atoms with Gasteiger partial charge in [-0.15, -0.1) is 0 Å². The van der Waals surface area contributed by atoms with Crippen LogP contribution in [0.4, 0.5) is 0 Å². The van der Waals surface area contributed by atoms with Gasteiger partial charge < -0.3 is 0 Å². The fourth-order valence-electron chi connectivity index (χ4n) is 6.74. The Bertz CT molecular complexity index is 648. The Balaban J connectivity index is 1.89. The minimum atomic E-state index is 1.22. The van der Waals surface area contributed by atoms with Gasteiger partial charge in [-0.2, -0.15) is 0 Å². The monoisotopic (exact) mass is 588 g/mol. The molecule has 0 unspecified atom stereocenters. The Morgan fingerprint density at radius 2 is 0.690 bits per heavy atom. The quantitative estimate of drug-likeness (QED) is 0.0560. The van der Waals surface area contributed by atoms with Crippen molar-refractivity contribution >= 4 is 0 Å². The molecule has 1 aromatic rings.